The number of hydrogen-bond donors (Lipinski definition) is 1. The molecule has 0 amide bonds. The maximum atomic E-state index is 5.47. The van der Waals surface area contributed by atoms with Crippen LogP contribution in [-0.4, -0.2) is 6.54 Å². The molecule has 0 aromatic carbocycles. The Bertz CT molecular complexity index is 269. The van der Waals surface area contributed by atoms with E-state index in [0.29, 0.717) is 11.8 Å². The Morgan fingerprint density at radius 3 is 3.00 bits per heavy atom. The zero-order valence-corrected chi connectivity index (χ0v) is 5.98. The van der Waals surface area contributed by atoms with Crippen LogP contribution in [0, 0.1) is 11.8 Å². The van der Waals surface area contributed by atoms with Crippen molar-refractivity contribution < 1.29 is 4.42 Å². The van der Waals surface area contributed by atoms with Crippen LogP contribution in [0.5, 0.6) is 0 Å². The fourth-order valence-electron chi connectivity index (χ4n) is 0.529. The quantitative estimate of drug-likeness (QED) is 0.573. The van der Waals surface area contributed by atoms with Gasteiger partial charge in [0.15, 0.2) is 5.22 Å². The third kappa shape index (κ3) is 1.80. The summed E-state index contributed by atoms with van der Waals surface area (Å²) in [5, 5.41) is 0.348. The first-order valence-electron chi connectivity index (χ1n) is 2.76. The molecule has 1 heterocycles. The van der Waals surface area contributed by atoms with E-state index >= 15 is 0 Å². The molecule has 2 N–H and O–H groups in total. The van der Waals surface area contributed by atoms with E-state index in [1.165, 1.54) is 6.26 Å². The Hall–Kier alpha value is -0.910. The van der Waals surface area contributed by atoms with Gasteiger partial charge in [-0.25, -0.2) is 0 Å². The zero-order valence-electron chi connectivity index (χ0n) is 5.23. The summed E-state index contributed by atoms with van der Waals surface area (Å²) in [7, 11) is 0. The molecule has 0 bridgehead atoms. The van der Waals surface area contributed by atoms with Crippen molar-refractivity contribution in [2.24, 2.45) is 5.73 Å². The van der Waals surface area contributed by atoms with Crippen LogP contribution < -0.4 is 5.73 Å². The van der Waals surface area contributed by atoms with Crippen molar-refractivity contribution in [3.63, 3.8) is 0 Å². The van der Waals surface area contributed by atoms with Gasteiger partial charge in [-0.15, -0.1) is 0 Å². The molecule has 0 unspecified atom stereocenters. The van der Waals surface area contributed by atoms with E-state index in [9.17, 15) is 0 Å². The van der Waals surface area contributed by atoms with Crippen LogP contribution in [0.2, 0.25) is 5.22 Å². The standard InChI is InChI=1S/C7H6ClNO/c8-7-4-6(5-10-7)2-1-3-9/h4-5H,3,9H2. The molecule has 1 aromatic rings. The van der Waals surface area contributed by atoms with Gasteiger partial charge in [0.05, 0.1) is 12.1 Å². The van der Waals surface area contributed by atoms with E-state index in [1.807, 2.05) is 0 Å². The Morgan fingerprint density at radius 1 is 1.70 bits per heavy atom. The molecule has 1 aromatic heterocycles. The number of rotatable bonds is 0. The van der Waals surface area contributed by atoms with Gasteiger partial charge in [-0.05, 0) is 11.6 Å². The summed E-state index contributed by atoms with van der Waals surface area (Å²) in [4.78, 5) is 0. The Labute approximate surface area is 64.0 Å². The third-order valence-electron chi connectivity index (χ3n) is 0.902. The summed E-state index contributed by atoms with van der Waals surface area (Å²) in [5.74, 6) is 5.45. The summed E-state index contributed by atoms with van der Waals surface area (Å²) in [6.07, 6.45) is 1.49. The monoisotopic (exact) mass is 155 g/mol. The van der Waals surface area contributed by atoms with Gasteiger partial charge >= 0.3 is 0 Å². The summed E-state index contributed by atoms with van der Waals surface area (Å²) in [6, 6.07) is 1.64. The fraction of sp³-hybridized carbons (Fsp3) is 0.143. The highest BCUT2D eigenvalue weighted by molar-refractivity contribution is 6.28. The molecule has 0 saturated carbocycles. The van der Waals surface area contributed by atoms with E-state index < -0.39 is 0 Å². The lowest BCUT2D eigenvalue weighted by atomic mass is 10.3. The molecule has 0 fully saturated rings. The van der Waals surface area contributed by atoms with Crippen molar-refractivity contribution in [3.8, 4) is 11.8 Å². The number of hydrogen-bond acceptors (Lipinski definition) is 2. The second-order valence-electron chi connectivity index (χ2n) is 1.65. The second-order valence-corrected chi connectivity index (χ2v) is 2.02. The van der Waals surface area contributed by atoms with Crippen molar-refractivity contribution in [3.05, 3.63) is 23.1 Å². The van der Waals surface area contributed by atoms with Crippen LogP contribution in [0.15, 0.2) is 16.7 Å². The molecule has 10 heavy (non-hydrogen) atoms. The molecular weight excluding hydrogens is 150 g/mol. The molecule has 0 radical (unpaired) electrons. The van der Waals surface area contributed by atoms with Crippen molar-refractivity contribution in [1.82, 2.24) is 0 Å². The first kappa shape index (κ1) is 7.20. The normalized spacial score (nSPS) is 8.60. The van der Waals surface area contributed by atoms with Gasteiger partial charge in [-0.1, -0.05) is 11.8 Å². The van der Waals surface area contributed by atoms with Crippen LogP contribution in [0.3, 0.4) is 0 Å². The lowest BCUT2D eigenvalue weighted by Gasteiger charge is -1.71. The third-order valence-corrected chi connectivity index (χ3v) is 1.10. The van der Waals surface area contributed by atoms with E-state index in [0.717, 1.165) is 5.56 Å². The summed E-state index contributed by atoms with van der Waals surface area (Å²) in [5.41, 5.74) is 5.91. The molecule has 1 rings (SSSR count). The molecule has 0 spiro atoms. The van der Waals surface area contributed by atoms with E-state index in [-0.39, 0.29) is 0 Å². The zero-order chi connectivity index (χ0) is 7.40. The van der Waals surface area contributed by atoms with Gasteiger partial charge in [-0.2, -0.15) is 0 Å². The molecule has 52 valence electrons. The Kier molecular flexibility index (Phi) is 2.38. The highest BCUT2D eigenvalue weighted by Crippen LogP contribution is 2.11. The minimum absolute atomic E-state index is 0.348. The second kappa shape index (κ2) is 3.31. The number of nitrogens with two attached hydrogens (primary N) is 1. The molecule has 0 atom stereocenters. The first-order valence-corrected chi connectivity index (χ1v) is 3.13. The SMILES string of the molecule is NCC#Cc1coc(Cl)c1. The van der Waals surface area contributed by atoms with Crippen LogP contribution in [0.1, 0.15) is 5.56 Å². The molecule has 0 aliphatic heterocycles. The lowest BCUT2D eigenvalue weighted by Crippen LogP contribution is -1.92. The molecule has 0 saturated heterocycles. The van der Waals surface area contributed by atoms with Crippen LogP contribution in [0.4, 0.5) is 0 Å². The van der Waals surface area contributed by atoms with E-state index in [2.05, 4.69) is 11.8 Å². The smallest absolute Gasteiger partial charge is 0.194 e. The fourth-order valence-corrected chi connectivity index (χ4v) is 0.691. The predicted molar refractivity (Wildman–Crippen MR) is 39.7 cm³/mol. The summed E-state index contributed by atoms with van der Waals surface area (Å²) >= 11 is 5.47. The molecule has 2 nitrogen and oxygen atoms in total. The van der Waals surface area contributed by atoms with Crippen molar-refractivity contribution in [2.75, 3.05) is 6.54 Å². The van der Waals surface area contributed by atoms with Crippen LogP contribution >= 0.6 is 11.6 Å². The van der Waals surface area contributed by atoms with Gasteiger partial charge in [0.2, 0.25) is 0 Å². The summed E-state index contributed by atoms with van der Waals surface area (Å²) < 4.78 is 4.78. The van der Waals surface area contributed by atoms with Gasteiger partial charge in [0, 0.05) is 6.07 Å². The van der Waals surface area contributed by atoms with Gasteiger partial charge in [0.1, 0.15) is 6.26 Å². The van der Waals surface area contributed by atoms with Crippen molar-refractivity contribution in [1.29, 1.82) is 0 Å². The largest absolute Gasteiger partial charge is 0.452 e. The maximum Gasteiger partial charge on any atom is 0.194 e. The minimum Gasteiger partial charge on any atom is -0.452 e. The Balaban J connectivity index is 2.76. The van der Waals surface area contributed by atoms with Gasteiger partial charge < -0.3 is 10.2 Å². The topological polar surface area (TPSA) is 39.2 Å². The summed E-state index contributed by atoms with van der Waals surface area (Å²) in [6.45, 7) is 0.350. The minimum atomic E-state index is 0.348. The molecular formula is C7H6ClNO. The molecule has 0 aliphatic carbocycles. The maximum absolute atomic E-state index is 5.47. The van der Waals surface area contributed by atoms with E-state index in [1.54, 1.807) is 6.07 Å². The first-order chi connectivity index (χ1) is 4.83. The average molecular weight is 156 g/mol. The lowest BCUT2D eigenvalue weighted by molar-refractivity contribution is 0.568. The molecule has 0 aliphatic rings. The van der Waals surface area contributed by atoms with Crippen LogP contribution in [0.25, 0.3) is 0 Å². The van der Waals surface area contributed by atoms with Gasteiger partial charge in [0.25, 0.3) is 0 Å². The Morgan fingerprint density at radius 2 is 2.50 bits per heavy atom. The average Bonchev–Trinajstić information content (AvgIpc) is 2.31. The highest BCUT2D eigenvalue weighted by atomic mass is 35.5. The molecule has 3 heteroatoms. The van der Waals surface area contributed by atoms with Gasteiger partial charge in [-0.3, -0.25) is 0 Å². The van der Waals surface area contributed by atoms with E-state index in [4.69, 9.17) is 21.8 Å². The number of halogens is 1. The number of furan rings is 1. The van der Waals surface area contributed by atoms with Crippen molar-refractivity contribution in [2.45, 2.75) is 0 Å². The predicted octanol–water partition coefficient (Wildman–Crippen LogP) is 1.24. The van der Waals surface area contributed by atoms with Crippen molar-refractivity contribution >= 4 is 11.6 Å². The van der Waals surface area contributed by atoms with Crippen LogP contribution in [-0.2, 0) is 0 Å². The highest BCUT2D eigenvalue weighted by Gasteiger charge is 1.92.